The molecule has 0 heterocycles. The predicted octanol–water partition coefficient (Wildman–Crippen LogP) is 4.05. The van der Waals surface area contributed by atoms with Crippen LogP contribution in [-0.4, -0.2) is 18.2 Å². The lowest BCUT2D eigenvalue weighted by Crippen LogP contribution is -2.19. The minimum absolute atomic E-state index is 0.162. The average Bonchev–Trinajstić information content (AvgIpc) is 2.26. The predicted molar refractivity (Wildman–Crippen MR) is 70.6 cm³/mol. The van der Waals surface area contributed by atoms with Crippen LogP contribution in [0.2, 0.25) is 0 Å². The molecule has 0 aliphatic rings. The summed E-state index contributed by atoms with van der Waals surface area (Å²) in [5, 5.41) is 8.60. The third-order valence-corrected chi connectivity index (χ3v) is 3.35. The molecule has 0 fully saturated rings. The Hall–Kier alpha value is -1.17. The molecule has 1 aromatic rings. The van der Waals surface area contributed by atoms with E-state index in [0.717, 1.165) is 0 Å². The largest absolute Gasteiger partial charge is 0.497 e. The van der Waals surface area contributed by atoms with Gasteiger partial charge in [-0.2, -0.15) is 0 Å². The fraction of sp³-hybridized carbons (Fsp3) is 0.462. The van der Waals surface area contributed by atoms with Crippen molar-refractivity contribution >= 4 is 21.9 Å². The summed E-state index contributed by atoms with van der Waals surface area (Å²) in [5.41, 5.74) is -0.162. The van der Waals surface area contributed by atoms with Crippen molar-refractivity contribution in [2.75, 3.05) is 7.11 Å². The first kappa shape index (κ1) is 15.9. The van der Waals surface area contributed by atoms with E-state index in [4.69, 9.17) is 9.84 Å². The number of carboxylic acid groups (broad SMARTS) is 1. The first-order valence-corrected chi connectivity index (χ1v) is 6.49. The number of hydrogen-bond acceptors (Lipinski definition) is 2. The number of halogens is 3. The van der Waals surface area contributed by atoms with Gasteiger partial charge < -0.3 is 9.84 Å². The maximum absolute atomic E-state index is 14.1. The number of hydrogen-bond donors (Lipinski definition) is 1. The molecule has 1 N–H and O–H groups in total. The van der Waals surface area contributed by atoms with Crippen molar-refractivity contribution in [3.05, 3.63) is 28.2 Å². The van der Waals surface area contributed by atoms with Gasteiger partial charge in [0.25, 0.3) is 5.92 Å². The highest BCUT2D eigenvalue weighted by molar-refractivity contribution is 9.10. The minimum atomic E-state index is -3.08. The van der Waals surface area contributed by atoms with E-state index < -0.39 is 24.2 Å². The first-order chi connectivity index (χ1) is 8.76. The topological polar surface area (TPSA) is 46.5 Å². The van der Waals surface area contributed by atoms with Crippen molar-refractivity contribution in [3.8, 4) is 5.75 Å². The van der Waals surface area contributed by atoms with E-state index in [9.17, 15) is 13.6 Å². The highest BCUT2D eigenvalue weighted by atomic mass is 79.9. The summed E-state index contributed by atoms with van der Waals surface area (Å²) < 4.78 is 33.4. The fourth-order valence-electron chi connectivity index (χ4n) is 1.84. The Bertz CT molecular complexity index is 463. The number of benzene rings is 1. The number of ether oxygens (including phenoxy) is 1. The van der Waals surface area contributed by atoms with Gasteiger partial charge >= 0.3 is 5.97 Å². The van der Waals surface area contributed by atoms with E-state index in [1.165, 1.54) is 32.2 Å². The van der Waals surface area contributed by atoms with Gasteiger partial charge in [-0.1, -0.05) is 22.9 Å². The number of aliphatic carboxylic acids is 1. The van der Waals surface area contributed by atoms with Crippen LogP contribution in [0, 0.1) is 5.92 Å². The quantitative estimate of drug-likeness (QED) is 0.852. The molecule has 1 rings (SSSR count). The fourth-order valence-corrected chi connectivity index (χ4v) is 2.49. The normalized spacial score (nSPS) is 13.1. The lowest BCUT2D eigenvalue weighted by Gasteiger charge is -2.21. The summed E-state index contributed by atoms with van der Waals surface area (Å²) >= 11 is 3.09. The summed E-state index contributed by atoms with van der Waals surface area (Å²) in [4.78, 5) is 10.5. The van der Waals surface area contributed by atoms with Crippen LogP contribution < -0.4 is 4.74 Å². The molecular weight excluding hydrogens is 322 g/mol. The van der Waals surface area contributed by atoms with Crippen LogP contribution in [0.5, 0.6) is 5.75 Å². The van der Waals surface area contributed by atoms with Crippen LogP contribution in [0.3, 0.4) is 0 Å². The van der Waals surface area contributed by atoms with Gasteiger partial charge in [-0.3, -0.25) is 4.79 Å². The number of alkyl halides is 2. The Morgan fingerprint density at radius 3 is 2.63 bits per heavy atom. The first-order valence-electron chi connectivity index (χ1n) is 5.70. The summed E-state index contributed by atoms with van der Waals surface area (Å²) in [5.74, 6) is -4.29. The smallest absolute Gasteiger partial charge is 0.303 e. The second-order valence-corrected chi connectivity index (χ2v) is 5.31. The summed E-state index contributed by atoms with van der Waals surface area (Å²) in [7, 11) is 1.45. The van der Waals surface area contributed by atoms with Crippen LogP contribution >= 0.6 is 15.9 Å². The van der Waals surface area contributed by atoms with Crippen molar-refractivity contribution in [2.24, 2.45) is 5.92 Å². The Morgan fingerprint density at radius 2 is 2.16 bits per heavy atom. The molecular formula is C13H15BrF2O3. The van der Waals surface area contributed by atoms with Crippen LogP contribution in [0.4, 0.5) is 8.78 Å². The summed E-state index contributed by atoms with van der Waals surface area (Å²) in [6.07, 6.45) is -0.784. The van der Waals surface area contributed by atoms with E-state index in [2.05, 4.69) is 15.9 Å². The van der Waals surface area contributed by atoms with Crippen LogP contribution in [0.15, 0.2) is 22.7 Å². The van der Waals surface area contributed by atoms with Gasteiger partial charge in [0.2, 0.25) is 0 Å². The van der Waals surface area contributed by atoms with Gasteiger partial charge in [0, 0.05) is 22.9 Å². The second kappa shape index (κ2) is 6.32. The Balaban J connectivity index is 2.90. The molecule has 1 unspecified atom stereocenters. The molecule has 0 saturated heterocycles. The van der Waals surface area contributed by atoms with Gasteiger partial charge in [0.05, 0.1) is 7.11 Å². The lowest BCUT2D eigenvalue weighted by atomic mass is 9.95. The molecule has 1 atom stereocenters. The maximum Gasteiger partial charge on any atom is 0.303 e. The minimum Gasteiger partial charge on any atom is -0.497 e. The van der Waals surface area contributed by atoms with Crippen molar-refractivity contribution in [1.29, 1.82) is 0 Å². The van der Waals surface area contributed by atoms with Gasteiger partial charge in [0.1, 0.15) is 5.75 Å². The van der Waals surface area contributed by atoms with Crippen molar-refractivity contribution in [2.45, 2.75) is 25.7 Å². The van der Waals surface area contributed by atoms with E-state index in [1.807, 2.05) is 0 Å². The molecule has 6 heteroatoms. The zero-order valence-electron chi connectivity index (χ0n) is 10.6. The Kier molecular flexibility index (Phi) is 5.29. The molecule has 0 bridgehead atoms. The molecule has 19 heavy (non-hydrogen) atoms. The zero-order chi connectivity index (χ0) is 14.6. The molecule has 0 radical (unpaired) electrons. The van der Waals surface area contributed by atoms with Gasteiger partial charge in [-0.15, -0.1) is 0 Å². The number of rotatable bonds is 6. The summed E-state index contributed by atoms with van der Waals surface area (Å²) in [6.45, 7) is 1.50. The number of methoxy groups -OCH3 is 1. The third-order valence-electron chi connectivity index (χ3n) is 2.70. The average molecular weight is 337 g/mol. The van der Waals surface area contributed by atoms with Crippen molar-refractivity contribution < 1.29 is 23.4 Å². The van der Waals surface area contributed by atoms with E-state index in [-0.39, 0.29) is 16.5 Å². The molecule has 0 aliphatic carbocycles. The molecule has 0 aliphatic heterocycles. The van der Waals surface area contributed by atoms with E-state index in [1.54, 1.807) is 0 Å². The van der Waals surface area contributed by atoms with Crippen LogP contribution in [-0.2, 0) is 10.7 Å². The SMILES string of the molecule is COc1ccc(C(F)(F)CC(C)CC(=O)O)c(Br)c1. The maximum atomic E-state index is 14.1. The number of carboxylic acids is 1. The molecule has 0 aromatic heterocycles. The van der Waals surface area contributed by atoms with Crippen molar-refractivity contribution in [3.63, 3.8) is 0 Å². The molecule has 0 amide bonds. The third kappa shape index (κ3) is 4.45. The standard InChI is InChI=1S/C13H15BrF2O3/c1-8(5-12(17)18)7-13(15,16)10-4-3-9(19-2)6-11(10)14/h3-4,6,8H,5,7H2,1-2H3,(H,17,18). The lowest BCUT2D eigenvalue weighted by molar-refractivity contribution is -0.138. The van der Waals surface area contributed by atoms with Crippen LogP contribution in [0.1, 0.15) is 25.3 Å². The zero-order valence-corrected chi connectivity index (χ0v) is 12.2. The highest BCUT2D eigenvalue weighted by Crippen LogP contribution is 2.40. The molecule has 3 nitrogen and oxygen atoms in total. The van der Waals surface area contributed by atoms with E-state index in [0.29, 0.717) is 5.75 Å². The Labute approximate surface area is 118 Å². The molecule has 0 spiro atoms. The monoisotopic (exact) mass is 336 g/mol. The van der Waals surface area contributed by atoms with Gasteiger partial charge in [-0.25, -0.2) is 8.78 Å². The molecule has 0 saturated carbocycles. The second-order valence-electron chi connectivity index (χ2n) is 4.46. The van der Waals surface area contributed by atoms with Crippen LogP contribution in [0.25, 0.3) is 0 Å². The van der Waals surface area contributed by atoms with Crippen molar-refractivity contribution in [1.82, 2.24) is 0 Å². The van der Waals surface area contributed by atoms with Gasteiger partial charge in [-0.05, 0) is 24.1 Å². The Morgan fingerprint density at radius 1 is 1.53 bits per heavy atom. The number of carbonyl (C=O) groups is 1. The summed E-state index contributed by atoms with van der Waals surface area (Å²) in [6, 6.07) is 4.21. The highest BCUT2D eigenvalue weighted by Gasteiger charge is 2.35. The molecule has 106 valence electrons. The van der Waals surface area contributed by atoms with E-state index >= 15 is 0 Å². The van der Waals surface area contributed by atoms with Gasteiger partial charge in [0.15, 0.2) is 0 Å². The molecule has 1 aromatic carbocycles.